The molecule has 0 aliphatic carbocycles. The van der Waals surface area contributed by atoms with E-state index in [2.05, 4.69) is 6.58 Å². The van der Waals surface area contributed by atoms with Gasteiger partial charge in [-0.3, -0.25) is 0 Å². The Kier molecular flexibility index (Phi) is 9.87. The summed E-state index contributed by atoms with van der Waals surface area (Å²) in [5.74, 6) is 0. The average Bonchev–Trinajstić information content (AvgIpc) is 2.16. The molecule has 0 saturated heterocycles. The van der Waals surface area contributed by atoms with Gasteiger partial charge in [0.1, 0.15) is 16.8 Å². The Bertz CT molecular complexity index is 117. The molecular formula is C10H22O2Si. The van der Waals surface area contributed by atoms with Gasteiger partial charge in [0, 0.05) is 6.61 Å². The largest absolute Gasteiger partial charge is 0.404 e. The first-order valence-electron chi connectivity index (χ1n) is 5.06. The van der Waals surface area contributed by atoms with E-state index in [-0.39, 0.29) is 6.29 Å². The lowest BCUT2D eigenvalue weighted by Crippen LogP contribution is -2.11. The van der Waals surface area contributed by atoms with Crippen molar-refractivity contribution in [3.05, 3.63) is 12.7 Å². The van der Waals surface area contributed by atoms with Gasteiger partial charge in [0.25, 0.3) is 0 Å². The monoisotopic (exact) mass is 202 g/mol. The standard InChI is InChI=1S/C10H22O2Si/c1-3-4-5-6-7-8-9-11-10(2)12-13/h3,10H,1,4-9H2,2,13H3. The van der Waals surface area contributed by atoms with Crippen LogP contribution < -0.4 is 0 Å². The fourth-order valence-corrected chi connectivity index (χ4v) is 1.20. The molecule has 0 spiro atoms. The molecule has 1 unspecified atom stereocenters. The Hall–Kier alpha value is -0.123. The third-order valence-corrected chi connectivity index (χ3v) is 2.65. The van der Waals surface area contributed by atoms with Crippen molar-refractivity contribution in [1.29, 1.82) is 0 Å². The van der Waals surface area contributed by atoms with Crippen molar-refractivity contribution in [2.24, 2.45) is 0 Å². The number of hydrogen-bond donors (Lipinski definition) is 0. The maximum Gasteiger partial charge on any atom is 0.149 e. The smallest absolute Gasteiger partial charge is 0.149 e. The molecule has 0 radical (unpaired) electrons. The lowest BCUT2D eigenvalue weighted by Gasteiger charge is -2.10. The molecule has 2 nitrogen and oxygen atoms in total. The Morgan fingerprint density at radius 2 is 2.00 bits per heavy atom. The van der Waals surface area contributed by atoms with Gasteiger partial charge in [0.05, 0.1) is 0 Å². The molecule has 0 saturated carbocycles. The van der Waals surface area contributed by atoms with E-state index >= 15 is 0 Å². The van der Waals surface area contributed by atoms with Gasteiger partial charge in [-0.05, 0) is 26.2 Å². The summed E-state index contributed by atoms with van der Waals surface area (Å²) >= 11 is 0. The lowest BCUT2D eigenvalue weighted by atomic mass is 10.1. The molecule has 0 bridgehead atoms. The highest BCUT2D eigenvalue weighted by Crippen LogP contribution is 2.04. The molecule has 0 aromatic carbocycles. The molecule has 0 aliphatic rings. The first kappa shape index (κ1) is 12.9. The summed E-state index contributed by atoms with van der Waals surface area (Å²) in [4.78, 5) is 0. The Labute approximate surface area is 84.9 Å². The Morgan fingerprint density at radius 3 is 2.62 bits per heavy atom. The summed E-state index contributed by atoms with van der Waals surface area (Å²) in [5.41, 5.74) is 0. The maximum atomic E-state index is 5.39. The molecule has 0 heterocycles. The normalized spacial score (nSPS) is 13.0. The van der Waals surface area contributed by atoms with Gasteiger partial charge in [0.2, 0.25) is 0 Å². The van der Waals surface area contributed by atoms with Gasteiger partial charge in [0.15, 0.2) is 0 Å². The van der Waals surface area contributed by atoms with E-state index in [0.29, 0.717) is 0 Å². The molecule has 0 amide bonds. The summed E-state index contributed by atoms with van der Waals surface area (Å²) < 4.78 is 10.5. The van der Waals surface area contributed by atoms with Crippen LogP contribution in [0.4, 0.5) is 0 Å². The number of hydrogen-bond acceptors (Lipinski definition) is 2. The van der Waals surface area contributed by atoms with E-state index in [0.717, 1.165) is 29.9 Å². The molecule has 0 aromatic rings. The van der Waals surface area contributed by atoms with E-state index in [1.54, 1.807) is 0 Å². The molecule has 0 fully saturated rings. The minimum absolute atomic E-state index is 0.000146. The van der Waals surface area contributed by atoms with Crippen LogP contribution in [-0.2, 0) is 9.16 Å². The zero-order valence-electron chi connectivity index (χ0n) is 8.92. The van der Waals surface area contributed by atoms with E-state index < -0.39 is 0 Å². The molecule has 0 N–H and O–H groups in total. The predicted molar refractivity (Wildman–Crippen MR) is 59.7 cm³/mol. The SMILES string of the molecule is C=CCCCCCCOC(C)O[SiH3]. The average molecular weight is 202 g/mol. The van der Waals surface area contributed by atoms with Crippen LogP contribution in [0.2, 0.25) is 0 Å². The summed E-state index contributed by atoms with van der Waals surface area (Å²) in [6, 6.07) is 0. The van der Waals surface area contributed by atoms with Gasteiger partial charge in [-0.15, -0.1) is 6.58 Å². The van der Waals surface area contributed by atoms with Crippen molar-refractivity contribution >= 4 is 10.5 Å². The maximum absolute atomic E-state index is 5.39. The van der Waals surface area contributed by atoms with Crippen molar-refractivity contribution in [3.8, 4) is 0 Å². The highest BCUT2D eigenvalue weighted by molar-refractivity contribution is 5.98. The molecule has 1 atom stereocenters. The van der Waals surface area contributed by atoms with Gasteiger partial charge in [-0.25, -0.2) is 0 Å². The van der Waals surface area contributed by atoms with Crippen LogP contribution in [0, 0.1) is 0 Å². The van der Waals surface area contributed by atoms with E-state index in [4.69, 9.17) is 9.16 Å². The first-order valence-corrected chi connectivity index (χ1v) is 5.88. The summed E-state index contributed by atoms with van der Waals surface area (Å²) in [7, 11) is 0.757. The molecule has 0 aliphatic heterocycles. The number of rotatable bonds is 9. The second-order valence-electron chi connectivity index (χ2n) is 3.17. The summed E-state index contributed by atoms with van der Waals surface area (Å²) in [6.07, 6.45) is 8.06. The summed E-state index contributed by atoms with van der Waals surface area (Å²) in [5, 5.41) is 0. The van der Waals surface area contributed by atoms with Crippen molar-refractivity contribution in [3.63, 3.8) is 0 Å². The van der Waals surface area contributed by atoms with Crippen molar-refractivity contribution in [2.45, 2.75) is 45.3 Å². The third kappa shape index (κ3) is 9.79. The second-order valence-corrected chi connectivity index (χ2v) is 3.64. The number of allylic oxidation sites excluding steroid dienone is 1. The predicted octanol–water partition coefficient (Wildman–Crippen LogP) is 1.78. The van der Waals surface area contributed by atoms with Gasteiger partial charge < -0.3 is 9.16 Å². The minimum atomic E-state index is -0.000146. The first-order chi connectivity index (χ1) is 6.31. The molecule has 78 valence electrons. The quantitative estimate of drug-likeness (QED) is 0.246. The van der Waals surface area contributed by atoms with Gasteiger partial charge in [-0.1, -0.05) is 18.9 Å². The van der Waals surface area contributed by atoms with E-state index in [1.807, 2.05) is 13.0 Å². The molecule has 3 heteroatoms. The highest BCUT2D eigenvalue weighted by atomic mass is 28.2. The molecule has 13 heavy (non-hydrogen) atoms. The second kappa shape index (κ2) is 9.96. The van der Waals surface area contributed by atoms with Crippen LogP contribution in [-0.4, -0.2) is 23.4 Å². The molecule has 0 rings (SSSR count). The number of unbranched alkanes of at least 4 members (excludes halogenated alkanes) is 4. The van der Waals surface area contributed by atoms with Crippen LogP contribution >= 0.6 is 0 Å². The van der Waals surface area contributed by atoms with Crippen molar-refractivity contribution in [1.82, 2.24) is 0 Å². The third-order valence-electron chi connectivity index (χ3n) is 1.99. The van der Waals surface area contributed by atoms with E-state index in [9.17, 15) is 0 Å². The summed E-state index contributed by atoms with van der Waals surface area (Å²) in [6.45, 7) is 6.47. The van der Waals surface area contributed by atoms with Crippen LogP contribution in [0.5, 0.6) is 0 Å². The Morgan fingerprint density at radius 1 is 1.31 bits per heavy atom. The zero-order valence-corrected chi connectivity index (χ0v) is 10.9. The lowest BCUT2D eigenvalue weighted by molar-refractivity contribution is -0.0639. The van der Waals surface area contributed by atoms with Crippen molar-refractivity contribution in [2.75, 3.05) is 6.61 Å². The van der Waals surface area contributed by atoms with Crippen LogP contribution in [0.1, 0.15) is 39.0 Å². The van der Waals surface area contributed by atoms with Crippen LogP contribution in [0.25, 0.3) is 0 Å². The highest BCUT2D eigenvalue weighted by Gasteiger charge is 1.96. The topological polar surface area (TPSA) is 18.5 Å². The van der Waals surface area contributed by atoms with Crippen LogP contribution in [0.3, 0.4) is 0 Å². The fourth-order valence-electron chi connectivity index (χ4n) is 1.06. The van der Waals surface area contributed by atoms with E-state index in [1.165, 1.54) is 19.3 Å². The molecular weight excluding hydrogens is 180 g/mol. The number of ether oxygens (including phenoxy) is 1. The Balaban J connectivity index is 2.95. The fraction of sp³-hybridized carbons (Fsp3) is 0.800. The van der Waals surface area contributed by atoms with Gasteiger partial charge in [-0.2, -0.15) is 0 Å². The van der Waals surface area contributed by atoms with Gasteiger partial charge >= 0.3 is 0 Å². The minimum Gasteiger partial charge on any atom is -0.404 e. The zero-order chi connectivity index (χ0) is 9.94. The van der Waals surface area contributed by atoms with Crippen LogP contribution in [0.15, 0.2) is 12.7 Å². The van der Waals surface area contributed by atoms with Crippen molar-refractivity contribution < 1.29 is 9.16 Å². The molecule has 0 aromatic heterocycles.